The number of hydrogen-bond donors (Lipinski definition) is 1. The number of nitrogens with zero attached hydrogens (tertiary/aromatic N) is 1. The number of hydrogen-bond acceptors (Lipinski definition) is 4. The molecule has 5 heteroatoms. The molecule has 0 aliphatic carbocycles. The van der Waals surface area contributed by atoms with Gasteiger partial charge in [-0.1, -0.05) is 30.3 Å². The molecule has 1 heterocycles. The van der Waals surface area contributed by atoms with Gasteiger partial charge in [0, 0.05) is 0 Å². The van der Waals surface area contributed by atoms with Crippen molar-refractivity contribution in [2.45, 2.75) is 5.54 Å². The predicted octanol–water partition coefficient (Wildman–Crippen LogP) is 3.35. The van der Waals surface area contributed by atoms with Gasteiger partial charge >= 0.3 is 0 Å². The molecule has 0 saturated heterocycles. The average Bonchev–Trinajstić information content (AvgIpc) is 2.94. The van der Waals surface area contributed by atoms with Crippen LogP contribution in [0, 0.1) is 0 Å². The lowest BCUT2D eigenvalue weighted by atomic mass is 9.93. The number of benzene rings is 2. The number of methoxy groups -OCH3 is 1. The van der Waals surface area contributed by atoms with E-state index in [1.165, 1.54) is 0 Å². The number of carbonyl (C=O) groups is 1. The second kappa shape index (κ2) is 5.94. The van der Waals surface area contributed by atoms with E-state index in [9.17, 15) is 4.79 Å². The SMILES string of the molecule is COc1ccc(C2(C=O)C=C(Br)N(c3ccccc3)N2)cc1. The van der Waals surface area contributed by atoms with E-state index in [1.54, 1.807) is 7.11 Å². The Balaban J connectivity index is 1.96. The van der Waals surface area contributed by atoms with Crippen molar-refractivity contribution >= 4 is 27.9 Å². The van der Waals surface area contributed by atoms with Crippen LogP contribution in [0.1, 0.15) is 5.56 Å². The van der Waals surface area contributed by atoms with Crippen molar-refractivity contribution in [3.63, 3.8) is 0 Å². The highest BCUT2D eigenvalue weighted by Gasteiger charge is 2.38. The van der Waals surface area contributed by atoms with Crippen LogP contribution < -0.4 is 15.2 Å². The van der Waals surface area contributed by atoms with Crippen molar-refractivity contribution in [1.82, 2.24) is 5.43 Å². The summed E-state index contributed by atoms with van der Waals surface area (Å²) < 4.78 is 5.96. The minimum atomic E-state index is -0.902. The standard InChI is InChI=1S/C17H15BrN2O2/c1-22-15-9-7-13(8-10-15)17(12-21)11-16(18)20(19-17)14-5-3-2-4-6-14/h2-12,19H,1H3. The van der Waals surface area contributed by atoms with Crippen molar-refractivity contribution in [2.24, 2.45) is 0 Å². The van der Waals surface area contributed by atoms with Crippen LogP contribution in [0.25, 0.3) is 0 Å². The number of ether oxygens (including phenoxy) is 1. The zero-order valence-electron chi connectivity index (χ0n) is 12.0. The molecule has 0 spiro atoms. The molecule has 0 aromatic heterocycles. The Kier molecular flexibility index (Phi) is 4.00. The van der Waals surface area contributed by atoms with Gasteiger partial charge in [-0.25, -0.2) is 5.43 Å². The van der Waals surface area contributed by atoms with Gasteiger partial charge in [-0.15, -0.1) is 0 Å². The molecule has 3 rings (SSSR count). The molecule has 0 saturated carbocycles. The van der Waals surface area contributed by atoms with Crippen LogP contribution in [-0.4, -0.2) is 13.4 Å². The molecule has 0 radical (unpaired) electrons. The van der Waals surface area contributed by atoms with Crippen molar-refractivity contribution in [1.29, 1.82) is 0 Å². The minimum absolute atomic E-state index is 0.755. The quantitative estimate of drug-likeness (QED) is 0.672. The van der Waals surface area contributed by atoms with Crippen LogP contribution in [0.5, 0.6) is 5.75 Å². The monoisotopic (exact) mass is 358 g/mol. The minimum Gasteiger partial charge on any atom is -0.497 e. The molecule has 112 valence electrons. The maximum absolute atomic E-state index is 11.8. The third-order valence-corrected chi connectivity index (χ3v) is 4.21. The Hall–Kier alpha value is -2.11. The van der Waals surface area contributed by atoms with Crippen molar-refractivity contribution < 1.29 is 9.53 Å². The van der Waals surface area contributed by atoms with Crippen molar-refractivity contribution in [3.05, 3.63) is 70.8 Å². The third kappa shape index (κ3) is 2.53. The average molecular weight is 359 g/mol. The van der Waals surface area contributed by atoms with Gasteiger partial charge in [0.15, 0.2) is 0 Å². The second-order valence-electron chi connectivity index (χ2n) is 4.97. The number of carbonyl (C=O) groups excluding carboxylic acids is 1. The number of para-hydroxylation sites is 1. The summed E-state index contributed by atoms with van der Waals surface area (Å²) in [4.78, 5) is 11.8. The number of aldehydes is 1. The van der Waals surface area contributed by atoms with E-state index >= 15 is 0 Å². The van der Waals surface area contributed by atoms with Crippen LogP contribution in [-0.2, 0) is 10.3 Å². The lowest BCUT2D eigenvalue weighted by molar-refractivity contribution is -0.111. The number of nitrogens with one attached hydrogen (secondary N) is 1. The molecule has 0 fully saturated rings. The topological polar surface area (TPSA) is 41.6 Å². The number of anilines is 1. The number of hydrazine groups is 1. The van der Waals surface area contributed by atoms with Gasteiger partial charge < -0.3 is 9.53 Å². The van der Waals surface area contributed by atoms with E-state index in [1.807, 2.05) is 65.7 Å². The maximum atomic E-state index is 11.8. The molecule has 2 aromatic carbocycles. The highest BCUT2D eigenvalue weighted by molar-refractivity contribution is 9.11. The summed E-state index contributed by atoms with van der Waals surface area (Å²) in [6.45, 7) is 0. The molecule has 0 bridgehead atoms. The highest BCUT2D eigenvalue weighted by Crippen LogP contribution is 2.35. The van der Waals surface area contributed by atoms with E-state index < -0.39 is 5.54 Å². The Bertz CT molecular complexity index is 700. The van der Waals surface area contributed by atoms with Crippen molar-refractivity contribution in [3.8, 4) is 5.75 Å². The first-order chi connectivity index (χ1) is 10.7. The molecule has 1 atom stereocenters. The summed E-state index contributed by atoms with van der Waals surface area (Å²) >= 11 is 3.52. The fourth-order valence-electron chi connectivity index (χ4n) is 2.43. The second-order valence-corrected chi connectivity index (χ2v) is 5.78. The van der Waals surface area contributed by atoms with Crippen LogP contribution in [0.2, 0.25) is 0 Å². The summed E-state index contributed by atoms with van der Waals surface area (Å²) in [6, 6.07) is 17.2. The van der Waals surface area contributed by atoms with Gasteiger partial charge in [0.25, 0.3) is 0 Å². The van der Waals surface area contributed by atoms with E-state index in [0.717, 1.165) is 27.9 Å². The van der Waals surface area contributed by atoms with Crippen LogP contribution in [0.15, 0.2) is 65.3 Å². The first-order valence-electron chi connectivity index (χ1n) is 6.81. The van der Waals surface area contributed by atoms with Gasteiger partial charge in [0.2, 0.25) is 0 Å². The summed E-state index contributed by atoms with van der Waals surface area (Å²) in [5.41, 5.74) is 4.15. The van der Waals surface area contributed by atoms with E-state index in [2.05, 4.69) is 21.4 Å². The fraction of sp³-hybridized carbons (Fsp3) is 0.118. The summed E-state index contributed by atoms with van der Waals surface area (Å²) in [5, 5.41) is 1.85. The first-order valence-corrected chi connectivity index (χ1v) is 7.60. The molecule has 1 N–H and O–H groups in total. The van der Waals surface area contributed by atoms with Gasteiger partial charge in [-0.3, -0.25) is 5.01 Å². The van der Waals surface area contributed by atoms with Crippen molar-refractivity contribution in [2.75, 3.05) is 12.1 Å². The van der Waals surface area contributed by atoms with Gasteiger partial charge in [0.1, 0.15) is 17.6 Å². The molecular formula is C17H15BrN2O2. The molecule has 2 aromatic rings. The normalized spacial score (nSPS) is 20.6. The predicted molar refractivity (Wildman–Crippen MR) is 89.8 cm³/mol. The fourth-order valence-corrected chi connectivity index (χ4v) is 3.09. The molecule has 22 heavy (non-hydrogen) atoms. The van der Waals surface area contributed by atoms with Crippen LogP contribution >= 0.6 is 15.9 Å². The Labute approximate surface area is 137 Å². The summed E-state index contributed by atoms with van der Waals surface area (Å²) in [7, 11) is 1.62. The summed E-state index contributed by atoms with van der Waals surface area (Å²) in [5.74, 6) is 0.755. The number of rotatable bonds is 4. The first kappa shape index (κ1) is 14.8. The van der Waals surface area contributed by atoms with Gasteiger partial charge in [-0.2, -0.15) is 0 Å². The lowest BCUT2D eigenvalue weighted by Gasteiger charge is -2.27. The Morgan fingerprint density at radius 2 is 1.82 bits per heavy atom. The molecule has 1 aliphatic heterocycles. The molecular weight excluding hydrogens is 344 g/mol. The highest BCUT2D eigenvalue weighted by atomic mass is 79.9. The zero-order chi connectivity index (χ0) is 15.6. The summed E-state index contributed by atoms with van der Waals surface area (Å²) in [6.07, 6.45) is 2.76. The Morgan fingerprint density at radius 3 is 2.41 bits per heavy atom. The molecule has 4 nitrogen and oxygen atoms in total. The largest absolute Gasteiger partial charge is 0.497 e. The van der Waals surface area contributed by atoms with Gasteiger partial charge in [-0.05, 0) is 51.8 Å². The molecule has 1 unspecified atom stereocenters. The maximum Gasteiger partial charge on any atom is 0.150 e. The van der Waals surface area contributed by atoms with Gasteiger partial charge in [0.05, 0.1) is 17.4 Å². The molecule has 0 amide bonds. The van der Waals surface area contributed by atoms with Crippen LogP contribution in [0.3, 0.4) is 0 Å². The molecule has 1 aliphatic rings. The van der Waals surface area contributed by atoms with Crippen LogP contribution in [0.4, 0.5) is 5.69 Å². The third-order valence-electron chi connectivity index (χ3n) is 3.63. The van der Waals surface area contributed by atoms with E-state index in [4.69, 9.17) is 4.74 Å². The van der Waals surface area contributed by atoms with E-state index in [0.29, 0.717) is 0 Å². The zero-order valence-corrected chi connectivity index (χ0v) is 13.6. The smallest absolute Gasteiger partial charge is 0.150 e. The van der Waals surface area contributed by atoms with E-state index in [-0.39, 0.29) is 0 Å². The number of halogens is 1. The lowest BCUT2D eigenvalue weighted by Crippen LogP contribution is -2.46. The Morgan fingerprint density at radius 1 is 1.14 bits per heavy atom.